The summed E-state index contributed by atoms with van der Waals surface area (Å²) in [6, 6.07) is 27.4. The number of nitrogens with one attached hydrogen (secondary N) is 1. The summed E-state index contributed by atoms with van der Waals surface area (Å²) < 4.78 is 12.5. The van der Waals surface area contributed by atoms with Crippen LogP contribution in [0.3, 0.4) is 0 Å². The van der Waals surface area contributed by atoms with E-state index in [4.69, 9.17) is 32.7 Å². The van der Waals surface area contributed by atoms with Crippen molar-refractivity contribution >= 4 is 51.3 Å². The highest BCUT2D eigenvalue weighted by Gasteiger charge is 2.12. The van der Waals surface area contributed by atoms with Gasteiger partial charge in [-0.1, -0.05) is 71.7 Å². The maximum Gasteiger partial charge on any atom is 0.275 e. The van der Waals surface area contributed by atoms with Crippen LogP contribution in [0.15, 0.2) is 101 Å². The summed E-state index contributed by atoms with van der Waals surface area (Å²) in [5, 5.41) is 5.35. The second-order valence-corrected chi connectivity index (χ2v) is 9.31. The lowest BCUT2D eigenvalue weighted by Gasteiger charge is -2.11. The first-order valence-electron chi connectivity index (χ1n) is 11.0. The molecule has 0 saturated heterocycles. The maximum absolute atomic E-state index is 12.7. The Labute approximate surface area is 227 Å². The van der Waals surface area contributed by atoms with Gasteiger partial charge in [-0.25, -0.2) is 5.43 Å². The quantitative estimate of drug-likeness (QED) is 0.162. The van der Waals surface area contributed by atoms with Gasteiger partial charge >= 0.3 is 0 Å². The monoisotopic (exact) mass is 582 g/mol. The Hall–Kier alpha value is -3.32. The predicted octanol–water partition coefficient (Wildman–Crippen LogP) is 7.68. The van der Waals surface area contributed by atoms with Crippen molar-refractivity contribution < 1.29 is 14.3 Å². The van der Waals surface area contributed by atoms with Crippen molar-refractivity contribution in [2.45, 2.75) is 13.2 Å². The van der Waals surface area contributed by atoms with Crippen LogP contribution in [0.4, 0.5) is 0 Å². The molecule has 0 heterocycles. The second kappa shape index (κ2) is 12.6. The number of hydrogen-bond donors (Lipinski definition) is 1. The molecule has 0 unspecified atom stereocenters. The van der Waals surface area contributed by atoms with E-state index in [0.29, 0.717) is 33.7 Å². The van der Waals surface area contributed by atoms with Crippen LogP contribution in [0, 0.1) is 0 Å². The van der Waals surface area contributed by atoms with Crippen molar-refractivity contribution in [2.24, 2.45) is 5.10 Å². The van der Waals surface area contributed by atoms with Crippen LogP contribution >= 0.6 is 39.1 Å². The Morgan fingerprint density at radius 2 is 1.39 bits per heavy atom. The fourth-order valence-corrected chi connectivity index (χ4v) is 4.15. The average Bonchev–Trinajstić information content (AvgIpc) is 2.89. The van der Waals surface area contributed by atoms with Crippen LogP contribution < -0.4 is 14.9 Å². The second-order valence-electron chi connectivity index (χ2n) is 7.65. The number of para-hydroxylation sites is 1. The zero-order chi connectivity index (χ0) is 25.3. The van der Waals surface area contributed by atoms with Crippen LogP contribution in [-0.2, 0) is 13.2 Å². The van der Waals surface area contributed by atoms with Crippen molar-refractivity contribution in [1.82, 2.24) is 5.43 Å². The molecule has 1 amide bonds. The molecule has 182 valence electrons. The van der Waals surface area contributed by atoms with Gasteiger partial charge in [-0.3, -0.25) is 4.79 Å². The van der Waals surface area contributed by atoms with E-state index in [2.05, 4.69) is 26.5 Å². The van der Waals surface area contributed by atoms with Gasteiger partial charge in [0.2, 0.25) is 0 Å². The smallest absolute Gasteiger partial charge is 0.275 e. The highest BCUT2D eigenvalue weighted by Crippen LogP contribution is 2.27. The van der Waals surface area contributed by atoms with Gasteiger partial charge in [0.25, 0.3) is 5.91 Å². The van der Waals surface area contributed by atoms with Gasteiger partial charge in [-0.2, -0.15) is 5.10 Å². The van der Waals surface area contributed by atoms with E-state index < -0.39 is 0 Å². The van der Waals surface area contributed by atoms with Crippen molar-refractivity contribution in [2.75, 3.05) is 0 Å². The summed E-state index contributed by atoms with van der Waals surface area (Å²) in [7, 11) is 0. The van der Waals surface area contributed by atoms with Gasteiger partial charge in [0, 0.05) is 21.2 Å². The van der Waals surface area contributed by atoms with Crippen LogP contribution in [0.25, 0.3) is 0 Å². The average molecular weight is 584 g/mol. The standard InChI is InChI=1S/C28H21BrCl2N2O3/c29-23-15-19(13-14-27(23)36-18-21-8-2-5-11-25(21)31)16-32-33-28(34)22-9-3-6-12-26(22)35-17-20-7-1-4-10-24(20)30/h1-16H,17-18H2,(H,33,34)/b32-16+. The molecule has 4 aromatic rings. The Balaban J connectivity index is 1.35. The Morgan fingerprint density at radius 3 is 2.03 bits per heavy atom. The first kappa shape index (κ1) is 25.8. The van der Waals surface area contributed by atoms with E-state index >= 15 is 0 Å². The highest BCUT2D eigenvalue weighted by atomic mass is 79.9. The summed E-state index contributed by atoms with van der Waals surface area (Å²) >= 11 is 15.9. The molecule has 0 aliphatic heterocycles. The first-order chi connectivity index (χ1) is 17.5. The molecule has 0 aliphatic carbocycles. The van der Waals surface area contributed by atoms with Crippen LogP contribution in [-0.4, -0.2) is 12.1 Å². The number of hydrogen-bond acceptors (Lipinski definition) is 4. The summed E-state index contributed by atoms with van der Waals surface area (Å²) in [4.78, 5) is 12.7. The van der Waals surface area contributed by atoms with Crippen molar-refractivity contribution in [3.63, 3.8) is 0 Å². The van der Waals surface area contributed by atoms with Crippen LogP contribution in [0.1, 0.15) is 27.0 Å². The minimum atomic E-state index is -0.389. The van der Waals surface area contributed by atoms with Crippen molar-refractivity contribution in [3.05, 3.63) is 128 Å². The topological polar surface area (TPSA) is 59.9 Å². The summed E-state index contributed by atoms with van der Waals surface area (Å²) in [5.74, 6) is 0.716. The van der Waals surface area contributed by atoms with Gasteiger partial charge in [0.15, 0.2) is 0 Å². The molecule has 1 N–H and O–H groups in total. The molecule has 4 aromatic carbocycles. The van der Waals surface area contributed by atoms with E-state index in [1.54, 1.807) is 36.5 Å². The van der Waals surface area contributed by atoms with E-state index in [1.165, 1.54) is 0 Å². The van der Waals surface area contributed by atoms with E-state index in [9.17, 15) is 4.79 Å². The molecule has 0 aliphatic rings. The van der Waals surface area contributed by atoms with Gasteiger partial charge < -0.3 is 9.47 Å². The molecule has 5 nitrogen and oxygen atoms in total. The third kappa shape index (κ3) is 6.88. The number of benzene rings is 4. The van der Waals surface area contributed by atoms with E-state index in [-0.39, 0.29) is 12.5 Å². The molecule has 36 heavy (non-hydrogen) atoms. The highest BCUT2D eigenvalue weighted by molar-refractivity contribution is 9.10. The number of hydrazone groups is 1. The number of nitrogens with zero attached hydrogens (tertiary/aromatic N) is 1. The van der Waals surface area contributed by atoms with Crippen molar-refractivity contribution in [1.29, 1.82) is 0 Å². The number of amides is 1. The molecular weight excluding hydrogens is 563 g/mol. The van der Waals surface area contributed by atoms with Crippen LogP contribution in [0.5, 0.6) is 11.5 Å². The number of carbonyl (C=O) groups excluding carboxylic acids is 1. The molecule has 0 spiro atoms. The predicted molar refractivity (Wildman–Crippen MR) is 147 cm³/mol. The molecule has 0 saturated carbocycles. The third-order valence-electron chi connectivity index (χ3n) is 5.15. The Morgan fingerprint density at radius 1 is 0.806 bits per heavy atom. The van der Waals surface area contributed by atoms with E-state index in [0.717, 1.165) is 21.2 Å². The molecular formula is C28H21BrCl2N2O3. The fraction of sp³-hybridized carbons (Fsp3) is 0.0714. The summed E-state index contributed by atoms with van der Waals surface area (Å²) in [6.45, 7) is 0.589. The van der Waals surface area contributed by atoms with Crippen LogP contribution in [0.2, 0.25) is 10.0 Å². The molecule has 0 atom stereocenters. The lowest BCUT2D eigenvalue weighted by Crippen LogP contribution is -2.18. The maximum atomic E-state index is 12.7. The number of halogens is 3. The Bertz CT molecular complexity index is 1390. The molecule has 0 bridgehead atoms. The third-order valence-corrected chi connectivity index (χ3v) is 6.51. The largest absolute Gasteiger partial charge is 0.488 e. The van der Waals surface area contributed by atoms with Crippen molar-refractivity contribution in [3.8, 4) is 11.5 Å². The van der Waals surface area contributed by atoms with Gasteiger partial charge in [-0.15, -0.1) is 0 Å². The number of rotatable bonds is 9. The van der Waals surface area contributed by atoms with Gasteiger partial charge in [0.1, 0.15) is 24.7 Å². The first-order valence-corrected chi connectivity index (χ1v) is 12.5. The SMILES string of the molecule is O=C(N/N=C/c1ccc(OCc2ccccc2Cl)c(Br)c1)c1ccccc1OCc1ccccc1Cl. The zero-order valence-corrected chi connectivity index (χ0v) is 22.1. The van der Waals surface area contributed by atoms with Gasteiger partial charge in [0.05, 0.1) is 16.3 Å². The molecule has 8 heteroatoms. The minimum absolute atomic E-state index is 0.242. The lowest BCUT2D eigenvalue weighted by atomic mass is 10.2. The number of ether oxygens (including phenoxy) is 2. The van der Waals surface area contributed by atoms with E-state index in [1.807, 2.05) is 60.7 Å². The fourth-order valence-electron chi connectivity index (χ4n) is 3.26. The number of carbonyl (C=O) groups is 1. The zero-order valence-electron chi connectivity index (χ0n) is 19.0. The minimum Gasteiger partial charge on any atom is -0.488 e. The molecule has 0 fully saturated rings. The summed E-state index contributed by atoms with van der Waals surface area (Å²) in [6.07, 6.45) is 1.55. The molecule has 4 rings (SSSR count). The normalized spacial score (nSPS) is 10.9. The Kier molecular flexibility index (Phi) is 9.01. The lowest BCUT2D eigenvalue weighted by molar-refractivity contribution is 0.0950. The van der Waals surface area contributed by atoms with Gasteiger partial charge in [-0.05, 0) is 64.0 Å². The summed E-state index contributed by atoms with van der Waals surface area (Å²) in [5.41, 5.74) is 5.42. The molecule has 0 aromatic heterocycles. The molecule has 0 radical (unpaired) electrons.